The minimum atomic E-state index is -0.456. The van der Waals surface area contributed by atoms with Gasteiger partial charge in [0.25, 0.3) is 0 Å². The van der Waals surface area contributed by atoms with Crippen LogP contribution in [0.2, 0.25) is 0 Å². The first-order chi connectivity index (χ1) is 13.7. The highest BCUT2D eigenvalue weighted by Gasteiger charge is 2.21. The highest BCUT2D eigenvalue weighted by molar-refractivity contribution is 5.51. The summed E-state index contributed by atoms with van der Waals surface area (Å²) in [5.41, 5.74) is 1.99. The lowest BCUT2D eigenvalue weighted by atomic mass is 9.97. The molecule has 4 aromatic rings. The highest BCUT2D eigenvalue weighted by atomic mass is 19.1. The molecular weight excluding hydrogens is 363 g/mol. The van der Waals surface area contributed by atoms with E-state index in [1.807, 2.05) is 24.3 Å². The number of hydrogen-bond donors (Lipinski definition) is 1. The van der Waals surface area contributed by atoms with Gasteiger partial charge in [0, 0.05) is 5.56 Å². The van der Waals surface area contributed by atoms with Gasteiger partial charge in [-0.3, -0.25) is 0 Å². The Morgan fingerprint density at radius 1 is 1.04 bits per heavy atom. The largest absolute Gasteiger partial charge is 0.497 e. The van der Waals surface area contributed by atoms with Crippen LogP contribution < -0.4 is 14.8 Å². The molecule has 0 aliphatic rings. The molecule has 0 aliphatic carbocycles. The van der Waals surface area contributed by atoms with E-state index < -0.39 is 6.04 Å². The predicted molar refractivity (Wildman–Crippen MR) is 100.0 cm³/mol. The first kappa shape index (κ1) is 17.7. The van der Waals surface area contributed by atoms with E-state index in [9.17, 15) is 4.39 Å². The van der Waals surface area contributed by atoms with E-state index in [2.05, 4.69) is 25.9 Å². The van der Waals surface area contributed by atoms with Crippen molar-refractivity contribution in [1.29, 1.82) is 0 Å². The molecule has 4 rings (SSSR count). The fourth-order valence-electron chi connectivity index (χ4n) is 2.97. The molecule has 28 heavy (non-hydrogen) atoms. The summed E-state index contributed by atoms with van der Waals surface area (Å²) in [4.78, 5) is 0. The topological polar surface area (TPSA) is 86.5 Å². The molecule has 1 unspecified atom stereocenters. The summed E-state index contributed by atoms with van der Waals surface area (Å²) in [6.07, 6.45) is 0. The van der Waals surface area contributed by atoms with Gasteiger partial charge in [0.1, 0.15) is 23.1 Å². The van der Waals surface area contributed by atoms with Gasteiger partial charge in [-0.25, -0.2) is 4.39 Å². The molecule has 0 saturated carbocycles. The predicted octanol–water partition coefficient (Wildman–Crippen LogP) is 2.88. The third-order valence-electron chi connectivity index (χ3n) is 4.29. The van der Waals surface area contributed by atoms with Crippen LogP contribution in [-0.4, -0.2) is 39.5 Å². The van der Waals surface area contributed by atoms with Gasteiger partial charge in [0.2, 0.25) is 0 Å². The maximum atomic E-state index is 14.1. The summed E-state index contributed by atoms with van der Waals surface area (Å²) >= 11 is 0. The van der Waals surface area contributed by atoms with Crippen molar-refractivity contribution >= 4 is 11.5 Å². The van der Waals surface area contributed by atoms with Crippen LogP contribution in [0.3, 0.4) is 0 Å². The Balaban J connectivity index is 1.82. The van der Waals surface area contributed by atoms with Crippen LogP contribution in [-0.2, 0) is 0 Å². The molecule has 2 heterocycles. The molecule has 0 saturated heterocycles. The van der Waals surface area contributed by atoms with Crippen LogP contribution in [0.5, 0.6) is 11.5 Å². The zero-order chi connectivity index (χ0) is 19.5. The Morgan fingerprint density at radius 2 is 1.93 bits per heavy atom. The molecule has 1 N–H and O–H groups in total. The van der Waals surface area contributed by atoms with Gasteiger partial charge in [-0.2, -0.15) is 0 Å². The van der Waals surface area contributed by atoms with Gasteiger partial charge in [0.15, 0.2) is 5.65 Å². The molecular formula is C19H17FN6O2. The van der Waals surface area contributed by atoms with Crippen molar-refractivity contribution in [2.45, 2.75) is 6.04 Å². The first-order valence-corrected chi connectivity index (χ1v) is 8.47. The van der Waals surface area contributed by atoms with Crippen LogP contribution in [0, 0.1) is 5.82 Å². The number of benzene rings is 2. The number of nitrogens with one attached hydrogen (secondary N) is 1. The summed E-state index contributed by atoms with van der Waals surface area (Å²) in [7, 11) is 3.14. The van der Waals surface area contributed by atoms with E-state index in [1.165, 1.54) is 16.8 Å². The van der Waals surface area contributed by atoms with Crippen molar-refractivity contribution in [3.63, 3.8) is 0 Å². The number of anilines is 1. The Bertz CT molecular complexity index is 1120. The van der Waals surface area contributed by atoms with Crippen molar-refractivity contribution in [3.05, 3.63) is 71.5 Å². The van der Waals surface area contributed by atoms with Crippen LogP contribution in [0.25, 0.3) is 5.65 Å². The average molecular weight is 380 g/mol. The van der Waals surface area contributed by atoms with E-state index in [1.54, 1.807) is 32.4 Å². The molecule has 0 aliphatic heterocycles. The van der Waals surface area contributed by atoms with Crippen molar-refractivity contribution < 1.29 is 13.9 Å². The lowest BCUT2D eigenvalue weighted by Gasteiger charge is -2.23. The molecule has 0 fully saturated rings. The van der Waals surface area contributed by atoms with Crippen LogP contribution >= 0.6 is 0 Å². The molecule has 142 valence electrons. The number of halogens is 1. The second-order valence-corrected chi connectivity index (χ2v) is 5.99. The lowest BCUT2D eigenvalue weighted by molar-refractivity contribution is 0.406. The standard InChI is InChI=1S/C19H17FN6O2/c1-27-14-5-3-4-12(10-14)19(15-11-13(20)6-7-16(15)28-2)21-17-8-9-18-22-24-25-26(18)23-17/h3-11,19H,1-2H3,(H,21,23). The second-order valence-electron chi connectivity index (χ2n) is 5.99. The summed E-state index contributed by atoms with van der Waals surface area (Å²) in [6, 6.07) is 14.9. The molecule has 0 radical (unpaired) electrons. The van der Waals surface area contributed by atoms with Crippen molar-refractivity contribution in [3.8, 4) is 11.5 Å². The van der Waals surface area contributed by atoms with Crippen molar-refractivity contribution in [1.82, 2.24) is 25.3 Å². The summed E-state index contributed by atoms with van der Waals surface area (Å²) in [6.45, 7) is 0. The molecule has 1 atom stereocenters. The summed E-state index contributed by atoms with van der Waals surface area (Å²) < 4.78 is 26.2. The van der Waals surface area contributed by atoms with Gasteiger partial charge < -0.3 is 14.8 Å². The van der Waals surface area contributed by atoms with Crippen molar-refractivity contribution in [2.24, 2.45) is 0 Å². The van der Waals surface area contributed by atoms with Gasteiger partial charge >= 0.3 is 0 Å². The Kier molecular flexibility index (Phi) is 4.71. The summed E-state index contributed by atoms with van der Waals surface area (Å²) in [5.74, 6) is 1.38. The average Bonchev–Trinajstić information content (AvgIpc) is 3.20. The molecule has 0 spiro atoms. The maximum absolute atomic E-state index is 14.1. The fraction of sp³-hybridized carbons (Fsp3) is 0.158. The van der Waals surface area contributed by atoms with Crippen LogP contribution in [0.4, 0.5) is 10.2 Å². The lowest BCUT2D eigenvalue weighted by Crippen LogP contribution is -2.16. The Morgan fingerprint density at radius 3 is 2.75 bits per heavy atom. The minimum absolute atomic E-state index is 0.366. The van der Waals surface area contributed by atoms with E-state index >= 15 is 0 Å². The smallest absolute Gasteiger partial charge is 0.200 e. The monoisotopic (exact) mass is 380 g/mol. The normalized spacial score (nSPS) is 12.0. The molecule has 2 aromatic carbocycles. The molecule has 0 bridgehead atoms. The van der Waals surface area contributed by atoms with Gasteiger partial charge in [-0.05, 0) is 58.5 Å². The fourth-order valence-corrected chi connectivity index (χ4v) is 2.97. The molecule has 0 amide bonds. The van der Waals surface area contributed by atoms with Gasteiger partial charge in [-0.15, -0.1) is 14.8 Å². The van der Waals surface area contributed by atoms with Crippen molar-refractivity contribution in [2.75, 3.05) is 19.5 Å². The number of methoxy groups -OCH3 is 2. The summed E-state index contributed by atoms with van der Waals surface area (Å²) in [5, 5.41) is 18.9. The number of tetrazole rings is 1. The Hall–Kier alpha value is -3.75. The third kappa shape index (κ3) is 3.41. The van der Waals surface area contributed by atoms with Gasteiger partial charge in [0.05, 0.1) is 20.3 Å². The zero-order valence-electron chi connectivity index (χ0n) is 15.2. The van der Waals surface area contributed by atoms with E-state index in [-0.39, 0.29) is 5.82 Å². The third-order valence-corrected chi connectivity index (χ3v) is 4.29. The quantitative estimate of drug-likeness (QED) is 0.550. The number of nitrogens with zero attached hydrogens (tertiary/aromatic N) is 5. The van der Waals surface area contributed by atoms with E-state index in [0.717, 1.165) is 5.56 Å². The van der Waals surface area contributed by atoms with Gasteiger partial charge in [-0.1, -0.05) is 12.1 Å². The number of aromatic nitrogens is 5. The number of rotatable bonds is 6. The van der Waals surface area contributed by atoms with Crippen LogP contribution in [0.15, 0.2) is 54.6 Å². The molecule has 8 nitrogen and oxygen atoms in total. The zero-order valence-corrected chi connectivity index (χ0v) is 15.2. The van der Waals surface area contributed by atoms with E-state index in [0.29, 0.717) is 28.5 Å². The van der Waals surface area contributed by atoms with Crippen LogP contribution in [0.1, 0.15) is 17.2 Å². The highest BCUT2D eigenvalue weighted by Crippen LogP contribution is 2.34. The minimum Gasteiger partial charge on any atom is -0.497 e. The SMILES string of the molecule is COc1cccc(C(Nc2ccc3nnnn3n2)c2cc(F)ccc2OC)c1. The Labute approximate surface area is 159 Å². The maximum Gasteiger partial charge on any atom is 0.200 e. The first-order valence-electron chi connectivity index (χ1n) is 8.47. The molecule has 2 aromatic heterocycles. The molecule has 9 heteroatoms. The number of fused-ring (bicyclic) bond motifs is 1. The van der Waals surface area contributed by atoms with E-state index in [4.69, 9.17) is 9.47 Å². The number of ether oxygens (including phenoxy) is 2. The second kappa shape index (κ2) is 7.47. The number of hydrogen-bond acceptors (Lipinski definition) is 7.